The smallest absolute Gasteiger partial charge is 0.233 e. The van der Waals surface area contributed by atoms with Crippen LogP contribution in [0.3, 0.4) is 0 Å². The van der Waals surface area contributed by atoms with E-state index >= 15 is 0 Å². The van der Waals surface area contributed by atoms with Gasteiger partial charge in [-0.1, -0.05) is 30.7 Å². The van der Waals surface area contributed by atoms with E-state index in [-0.39, 0.29) is 35.0 Å². The first-order chi connectivity index (χ1) is 15.3. The van der Waals surface area contributed by atoms with Crippen molar-refractivity contribution in [1.82, 2.24) is 4.90 Å². The molecule has 0 bridgehead atoms. The Morgan fingerprint density at radius 1 is 1.03 bits per heavy atom. The van der Waals surface area contributed by atoms with Crippen molar-refractivity contribution in [2.45, 2.75) is 39.0 Å². The van der Waals surface area contributed by atoms with Gasteiger partial charge < -0.3 is 5.11 Å². The second kappa shape index (κ2) is 7.40. The first kappa shape index (κ1) is 20.6. The molecule has 1 aliphatic heterocycles. The molecule has 0 aromatic heterocycles. The molecule has 32 heavy (non-hydrogen) atoms. The normalized spacial score (nSPS) is 29.5. The van der Waals surface area contributed by atoms with Crippen molar-refractivity contribution < 1.29 is 24.3 Å². The zero-order valence-corrected chi connectivity index (χ0v) is 18.1. The highest BCUT2D eigenvalue weighted by atomic mass is 16.3. The minimum Gasteiger partial charge on any atom is -0.508 e. The third-order valence-corrected chi connectivity index (χ3v) is 7.33. The highest BCUT2D eigenvalue weighted by Gasteiger charge is 2.55. The van der Waals surface area contributed by atoms with E-state index in [0.717, 1.165) is 11.1 Å². The van der Waals surface area contributed by atoms with Gasteiger partial charge in [0.05, 0.1) is 11.8 Å². The van der Waals surface area contributed by atoms with E-state index in [4.69, 9.17) is 0 Å². The highest BCUT2D eigenvalue weighted by molar-refractivity contribution is 6.23. The Kier molecular flexibility index (Phi) is 4.77. The Morgan fingerprint density at radius 2 is 1.75 bits per heavy atom. The SMILES string of the molecule is CCCN1C(=O)C2CC=C3C(c4ccc(O)cc4)C4=C(CC3C2C1=O)C(=O)C(C)=CC4=O. The monoisotopic (exact) mass is 431 g/mol. The van der Waals surface area contributed by atoms with Gasteiger partial charge in [-0.2, -0.15) is 0 Å². The summed E-state index contributed by atoms with van der Waals surface area (Å²) in [5.74, 6) is -2.19. The third-order valence-electron chi connectivity index (χ3n) is 7.33. The van der Waals surface area contributed by atoms with Crippen LogP contribution >= 0.6 is 0 Å². The van der Waals surface area contributed by atoms with Crippen molar-refractivity contribution in [1.29, 1.82) is 0 Å². The molecule has 164 valence electrons. The summed E-state index contributed by atoms with van der Waals surface area (Å²) in [7, 11) is 0. The number of hydrogen-bond acceptors (Lipinski definition) is 5. The largest absolute Gasteiger partial charge is 0.508 e. The molecule has 0 spiro atoms. The van der Waals surface area contributed by atoms with Crippen molar-refractivity contribution in [2.75, 3.05) is 6.54 Å². The lowest BCUT2D eigenvalue weighted by Crippen LogP contribution is -2.39. The van der Waals surface area contributed by atoms with E-state index in [1.165, 1.54) is 11.0 Å². The summed E-state index contributed by atoms with van der Waals surface area (Å²) in [5.41, 5.74) is 3.06. The van der Waals surface area contributed by atoms with Gasteiger partial charge in [0.2, 0.25) is 11.8 Å². The number of ketones is 2. The molecule has 3 aliphatic carbocycles. The van der Waals surface area contributed by atoms with Crippen LogP contribution in [0, 0.1) is 17.8 Å². The van der Waals surface area contributed by atoms with Crippen LogP contribution in [0.15, 0.2) is 58.7 Å². The number of benzene rings is 1. The van der Waals surface area contributed by atoms with Gasteiger partial charge in [0.1, 0.15) is 5.75 Å². The molecule has 4 aliphatic rings. The van der Waals surface area contributed by atoms with Crippen LogP contribution in [0.4, 0.5) is 0 Å². The molecule has 0 radical (unpaired) electrons. The average molecular weight is 431 g/mol. The van der Waals surface area contributed by atoms with E-state index in [9.17, 15) is 24.3 Å². The van der Waals surface area contributed by atoms with Gasteiger partial charge in [0.25, 0.3) is 0 Å². The van der Waals surface area contributed by atoms with Crippen molar-refractivity contribution >= 4 is 23.4 Å². The maximum atomic E-state index is 13.3. The predicted octanol–water partition coefficient (Wildman–Crippen LogP) is 3.23. The van der Waals surface area contributed by atoms with E-state index in [0.29, 0.717) is 42.5 Å². The highest BCUT2D eigenvalue weighted by Crippen LogP contribution is 2.55. The van der Waals surface area contributed by atoms with Gasteiger partial charge in [-0.25, -0.2) is 0 Å². The predicted molar refractivity (Wildman–Crippen MR) is 116 cm³/mol. The zero-order chi connectivity index (χ0) is 22.7. The molecule has 5 rings (SSSR count). The Balaban J connectivity index is 1.66. The lowest BCUT2D eigenvalue weighted by atomic mass is 9.59. The van der Waals surface area contributed by atoms with Crippen LogP contribution in [-0.4, -0.2) is 39.9 Å². The fraction of sp³-hybridized carbons (Fsp3) is 0.385. The zero-order valence-electron chi connectivity index (χ0n) is 18.1. The second-order valence-corrected chi connectivity index (χ2v) is 9.15. The molecule has 2 amide bonds. The molecule has 6 heteroatoms. The summed E-state index contributed by atoms with van der Waals surface area (Å²) < 4.78 is 0. The number of phenolic OH excluding ortho intramolecular Hbond substituents is 1. The van der Waals surface area contributed by atoms with Crippen LogP contribution in [0.1, 0.15) is 44.6 Å². The number of imide groups is 1. The summed E-state index contributed by atoms with van der Waals surface area (Å²) in [5, 5.41) is 9.77. The van der Waals surface area contributed by atoms with Crippen LogP contribution in [0.25, 0.3) is 0 Å². The summed E-state index contributed by atoms with van der Waals surface area (Å²) in [4.78, 5) is 53.9. The van der Waals surface area contributed by atoms with E-state index in [1.54, 1.807) is 31.2 Å². The number of Topliss-reactive ketones (excluding diaryl/α,β-unsaturated/α-hetero) is 1. The van der Waals surface area contributed by atoms with Gasteiger partial charge in [-0.05, 0) is 55.9 Å². The molecule has 4 unspecified atom stereocenters. The second-order valence-electron chi connectivity index (χ2n) is 9.15. The summed E-state index contributed by atoms with van der Waals surface area (Å²) in [6, 6.07) is 6.64. The number of aromatic hydroxyl groups is 1. The Hall–Kier alpha value is -3.28. The molecule has 0 saturated carbocycles. The number of likely N-dealkylation sites (tertiary alicyclic amines) is 1. The lowest BCUT2D eigenvalue weighted by Gasteiger charge is -2.42. The summed E-state index contributed by atoms with van der Waals surface area (Å²) in [6.07, 6.45) is 4.86. The first-order valence-corrected chi connectivity index (χ1v) is 11.2. The van der Waals surface area contributed by atoms with Gasteiger partial charge in [0.15, 0.2) is 11.6 Å². The topological polar surface area (TPSA) is 91.8 Å². The average Bonchev–Trinajstić information content (AvgIpc) is 3.02. The van der Waals surface area contributed by atoms with E-state index in [2.05, 4.69) is 0 Å². The molecule has 1 saturated heterocycles. The van der Waals surface area contributed by atoms with Crippen LogP contribution < -0.4 is 0 Å². The molecular weight excluding hydrogens is 406 g/mol. The van der Waals surface area contributed by atoms with Crippen molar-refractivity contribution in [3.05, 3.63) is 64.3 Å². The van der Waals surface area contributed by atoms with Gasteiger partial charge >= 0.3 is 0 Å². The lowest BCUT2D eigenvalue weighted by molar-refractivity contribution is -0.140. The molecule has 4 atom stereocenters. The molecule has 6 nitrogen and oxygen atoms in total. The van der Waals surface area contributed by atoms with Crippen LogP contribution in [-0.2, 0) is 19.2 Å². The van der Waals surface area contributed by atoms with E-state index in [1.807, 2.05) is 13.0 Å². The molecule has 1 heterocycles. The molecule has 1 fully saturated rings. The fourth-order valence-corrected chi connectivity index (χ4v) is 5.94. The minimum absolute atomic E-state index is 0.113. The molecular formula is C26H25NO5. The van der Waals surface area contributed by atoms with Crippen molar-refractivity contribution in [3.63, 3.8) is 0 Å². The molecule has 1 aromatic carbocycles. The van der Waals surface area contributed by atoms with Crippen LogP contribution in [0.2, 0.25) is 0 Å². The summed E-state index contributed by atoms with van der Waals surface area (Å²) in [6.45, 7) is 3.98. The number of allylic oxidation sites excluding steroid dienone is 6. The molecule has 1 N–H and O–H groups in total. The van der Waals surface area contributed by atoms with Crippen LogP contribution in [0.5, 0.6) is 5.75 Å². The number of carbonyl (C=O) groups excluding carboxylic acids is 4. The Bertz CT molecular complexity index is 1150. The summed E-state index contributed by atoms with van der Waals surface area (Å²) >= 11 is 0. The number of carbonyl (C=O) groups is 4. The van der Waals surface area contributed by atoms with Gasteiger partial charge in [0, 0.05) is 29.2 Å². The Morgan fingerprint density at radius 3 is 2.44 bits per heavy atom. The maximum absolute atomic E-state index is 13.3. The number of nitrogens with zero attached hydrogens (tertiary/aromatic N) is 1. The minimum atomic E-state index is -0.503. The van der Waals surface area contributed by atoms with Crippen molar-refractivity contribution in [3.8, 4) is 5.75 Å². The molecule has 1 aromatic rings. The first-order valence-electron chi connectivity index (χ1n) is 11.2. The van der Waals surface area contributed by atoms with Gasteiger partial charge in [-0.3, -0.25) is 24.1 Å². The Labute approximate surface area is 186 Å². The fourth-order valence-electron chi connectivity index (χ4n) is 5.94. The number of fused-ring (bicyclic) bond motifs is 3. The van der Waals surface area contributed by atoms with Crippen molar-refractivity contribution in [2.24, 2.45) is 17.8 Å². The standard InChI is InChI=1S/C26H25NO5/c1-3-10-27-25(31)17-9-8-16-18(22(17)26(27)32)12-19-23(20(29)11-13(2)24(19)30)21(16)14-4-6-15(28)7-5-14/h4-8,11,17-18,21-22,28H,3,9-10,12H2,1-2H3. The number of rotatable bonds is 3. The third kappa shape index (κ3) is 2.85. The number of phenols is 1. The quantitative estimate of drug-likeness (QED) is 0.451. The van der Waals surface area contributed by atoms with Gasteiger partial charge in [-0.15, -0.1) is 0 Å². The van der Waals surface area contributed by atoms with E-state index < -0.39 is 17.8 Å². The maximum Gasteiger partial charge on any atom is 0.233 e. The number of hydrogen-bond donors (Lipinski definition) is 1. The number of amides is 2.